The summed E-state index contributed by atoms with van der Waals surface area (Å²) in [7, 11) is -2.43. The Hall–Kier alpha value is -3.98. The van der Waals surface area contributed by atoms with Gasteiger partial charge >= 0.3 is 0 Å². The number of fused-ring (bicyclic) bond motifs is 1. The molecule has 0 saturated heterocycles. The molecule has 0 unspecified atom stereocenters. The molecular formula is C23H20N4O4S. The third-order valence-corrected chi connectivity index (χ3v) is 6.08. The monoisotopic (exact) mass is 448 g/mol. The molecule has 0 saturated carbocycles. The second-order valence-electron chi connectivity index (χ2n) is 6.95. The SMILES string of the molecule is COc1ccc(S(=O)(=O)Nc2nc3ccccc3nc2Nc2ccc(C(C)=O)cc2)cc1. The lowest BCUT2D eigenvalue weighted by atomic mass is 10.1. The molecule has 2 N–H and O–H groups in total. The maximum atomic E-state index is 13.0. The molecule has 3 aromatic carbocycles. The zero-order valence-electron chi connectivity index (χ0n) is 17.4. The Balaban J connectivity index is 1.72. The number of carbonyl (C=O) groups excluding carboxylic acids is 1. The highest BCUT2D eigenvalue weighted by molar-refractivity contribution is 7.92. The van der Waals surface area contributed by atoms with E-state index in [1.54, 1.807) is 54.6 Å². The van der Waals surface area contributed by atoms with Gasteiger partial charge in [0.05, 0.1) is 23.0 Å². The van der Waals surface area contributed by atoms with E-state index in [9.17, 15) is 13.2 Å². The summed E-state index contributed by atoms with van der Waals surface area (Å²) >= 11 is 0. The molecule has 0 radical (unpaired) electrons. The fourth-order valence-electron chi connectivity index (χ4n) is 3.02. The molecule has 0 spiro atoms. The van der Waals surface area contributed by atoms with E-state index >= 15 is 0 Å². The molecule has 4 aromatic rings. The van der Waals surface area contributed by atoms with Crippen LogP contribution in [0.15, 0.2) is 77.7 Å². The van der Waals surface area contributed by atoms with Crippen molar-refractivity contribution < 1.29 is 17.9 Å². The number of methoxy groups -OCH3 is 1. The normalized spacial score (nSPS) is 11.2. The molecule has 0 aliphatic rings. The standard InChI is InChI=1S/C23H20N4O4S/c1-15(28)16-7-9-17(10-8-16)24-22-23(26-21-6-4-3-5-20(21)25-22)27-32(29,30)19-13-11-18(31-2)12-14-19/h3-14H,1-2H3,(H,24,25)(H,26,27). The highest BCUT2D eigenvalue weighted by atomic mass is 32.2. The number of ether oxygens (including phenoxy) is 1. The lowest BCUT2D eigenvalue weighted by Gasteiger charge is -2.14. The molecule has 0 amide bonds. The molecule has 1 aromatic heterocycles. The Morgan fingerprint density at radius 3 is 2.00 bits per heavy atom. The average molecular weight is 449 g/mol. The molecule has 4 rings (SSSR count). The van der Waals surface area contributed by atoms with Gasteiger partial charge in [-0.2, -0.15) is 0 Å². The van der Waals surface area contributed by atoms with Crippen molar-refractivity contribution >= 4 is 44.2 Å². The number of nitrogens with zero attached hydrogens (tertiary/aromatic N) is 2. The first-order valence-electron chi connectivity index (χ1n) is 9.67. The largest absolute Gasteiger partial charge is 0.497 e. The van der Waals surface area contributed by atoms with Crippen molar-refractivity contribution in [3.05, 3.63) is 78.4 Å². The molecule has 0 bridgehead atoms. The minimum atomic E-state index is -3.93. The third kappa shape index (κ3) is 4.52. The lowest BCUT2D eigenvalue weighted by molar-refractivity contribution is 0.101. The highest BCUT2D eigenvalue weighted by Gasteiger charge is 2.19. The van der Waals surface area contributed by atoms with E-state index in [0.29, 0.717) is 28.0 Å². The predicted molar refractivity (Wildman–Crippen MR) is 123 cm³/mol. The lowest BCUT2D eigenvalue weighted by Crippen LogP contribution is -2.16. The minimum Gasteiger partial charge on any atom is -0.497 e. The van der Waals surface area contributed by atoms with Crippen molar-refractivity contribution in [1.82, 2.24) is 9.97 Å². The third-order valence-electron chi connectivity index (χ3n) is 4.73. The highest BCUT2D eigenvalue weighted by Crippen LogP contribution is 2.27. The summed E-state index contributed by atoms with van der Waals surface area (Å²) in [5.74, 6) is 0.785. The number of anilines is 3. The number of nitrogens with one attached hydrogen (secondary N) is 2. The number of hydrogen-bond donors (Lipinski definition) is 2. The van der Waals surface area contributed by atoms with Crippen LogP contribution in [-0.2, 0) is 10.0 Å². The zero-order chi connectivity index (χ0) is 22.7. The number of para-hydroxylation sites is 2. The smallest absolute Gasteiger partial charge is 0.263 e. The quantitative estimate of drug-likeness (QED) is 0.404. The summed E-state index contributed by atoms with van der Waals surface area (Å²) < 4.78 is 33.6. The van der Waals surface area contributed by atoms with E-state index < -0.39 is 10.0 Å². The van der Waals surface area contributed by atoms with Crippen LogP contribution in [0.5, 0.6) is 5.75 Å². The first-order valence-corrected chi connectivity index (χ1v) is 11.2. The van der Waals surface area contributed by atoms with Gasteiger partial charge in [0, 0.05) is 11.3 Å². The van der Waals surface area contributed by atoms with Gasteiger partial charge in [0.2, 0.25) is 0 Å². The molecule has 0 fully saturated rings. The van der Waals surface area contributed by atoms with Crippen LogP contribution in [0.3, 0.4) is 0 Å². The van der Waals surface area contributed by atoms with Crippen LogP contribution in [-0.4, -0.2) is 31.3 Å². The number of benzene rings is 3. The summed E-state index contributed by atoms with van der Waals surface area (Å²) in [4.78, 5) is 20.6. The topological polar surface area (TPSA) is 110 Å². The molecule has 0 aliphatic heterocycles. The molecule has 0 aliphatic carbocycles. The number of ketones is 1. The van der Waals surface area contributed by atoms with Gasteiger partial charge in [-0.1, -0.05) is 12.1 Å². The molecular weight excluding hydrogens is 428 g/mol. The molecule has 9 heteroatoms. The maximum absolute atomic E-state index is 13.0. The Kier molecular flexibility index (Phi) is 5.74. The van der Waals surface area contributed by atoms with Gasteiger partial charge in [-0.05, 0) is 67.6 Å². The van der Waals surface area contributed by atoms with Gasteiger partial charge in [0.25, 0.3) is 10.0 Å². The van der Waals surface area contributed by atoms with Gasteiger partial charge in [0.1, 0.15) is 5.75 Å². The summed E-state index contributed by atoms with van der Waals surface area (Å²) in [6, 6.07) is 20.0. The zero-order valence-corrected chi connectivity index (χ0v) is 18.2. The van der Waals surface area contributed by atoms with Crippen LogP contribution in [0, 0.1) is 0 Å². The van der Waals surface area contributed by atoms with E-state index in [-0.39, 0.29) is 22.3 Å². The van der Waals surface area contributed by atoms with E-state index in [2.05, 4.69) is 20.0 Å². The molecule has 32 heavy (non-hydrogen) atoms. The van der Waals surface area contributed by atoms with Crippen LogP contribution in [0.2, 0.25) is 0 Å². The van der Waals surface area contributed by atoms with E-state index in [1.807, 2.05) is 6.07 Å². The van der Waals surface area contributed by atoms with Crippen LogP contribution in [0.25, 0.3) is 11.0 Å². The Morgan fingerprint density at radius 1 is 0.844 bits per heavy atom. The van der Waals surface area contributed by atoms with Crippen molar-refractivity contribution in [3.63, 3.8) is 0 Å². The van der Waals surface area contributed by atoms with Crippen LogP contribution >= 0.6 is 0 Å². The molecule has 8 nitrogen and oxygen atoms in total. The van der Waals surface area contributed by atoms with Crippen molar-refractivity contribution in [1.29, 1.82) is 0 Å². The second-order valence-corrected chi connectivity index (χ2v) is 8.63. The number of carbonyl (C=O) groups is 1. The number of aromatic nitrogens is 2. The summed E-state index contributed by atoms with van der Waals surface area (Å²) in [6.45, 7) is 1.49. The van der Waals surface area contributed by atoms with Crippen LogP contribution in [0.1, 0.15) is 17.3 Å². The van der Waals surface area contributed by atoms with E-state index in [0.717, 1.165) is 0 Å². The Labute approximate surface area is 185 Å². The van der Waals surface area contributed by atoms with Crippen molar-refractivity contribution in [2.75, 3.05) is 17.1 Å². The van der Waals surface area contributed by atoms with E-state index in [4.69, 9.17) is 4.74 Å². The van der Waals surface area contributed by atoms with Crippen molar-refractivity contribution in [3.8, 4) is 5.75 Å². The second kappa shape index (κ2) is 8.64. The summed E-state index contributed by atoms with van der Waals surface area (Å²) in [5.41, 5.74) is 2.34. The first-order chi connectivity index (χ1) is 15.4. The Bertz CT molecular complexity index is 1390. The molecule has 162 valence electrons. The van der Waals surface area contributed by atoms with Crippen LogP contribution < -0.4 is 14.8 Å². The fourth-order valence-corrected chi connectivity index (χ4v) is 4.03. The number of Topliss-reactive ketones (excluding diaryl/α,β-unsaturated/α-hetero) is 1. The average Bonchev–Trinajstić information content (AvgIpc) is 2.79. The van der Waals surface area contributed by atoms with E-state index in [1.165, 1.54) is 26.2 Å². The number of sulfonamides is 1. The van der Waals surface area contributed by atoms with Crippen molar-refractivity contribution in [2.24, 2.45) is 0 Å². The van der Waals surface area contributed by atoms with Gasteiger partial charge in [-0.15, -0.1) is 0 Å². The predicted octanol–water partition coefficient (Wildman–Crippen LogP) is 4.39. The van der Waals surface area contributed by atoms with Gasteiger partial charge in [-0.3, -0.25) is 9.52 Å². The molecule has 1 heterocycles. The van der Waals surface area contributed by atoms with Gasteiger partial charge < -0.3 is 10.1 Å². The maximum Gasteiger partial charge on any atom is 0.263 e. The van der Waals surface area contributed by atoms with Gasteiger partial charge in [0.15, 0.2) is 17.4 Å². The summed E-state index contributed by atoms with van der Waals surface area (Å²) in [5, 5.41) is 3.09. The number of hydrogen-bond acceptors (Lipinski definition) is 7. The van der Waals surface area contributed by atoms with Gasteiger partial charge in [-0.25, -0.2) is 18.4 Å². The fraction of sp³-hybridized carbons (Fsp3) is 0.0870. The first kappa shape index (κ1) is 21.3. The number of rotatable bonds is 7. The van der Waals surface area contributed by atoms with Crippen LogP contribution in [0.4, 0.5) is 17.3 Å². The minimum absolute atomic E-state index is 0.0463. The molecule has 0 atom stereocenters. The summed E-state index contributed by atoms with van der Waals surface area (Å²) in [6.07, 6.45) is 0. The Morgan fingerprint density at radius 2 is 1.44 bits per heavy atom. The van der Waals surface area contributed by atoms with Crippen molar-refractivity contribution in [2.45, 2.75) is 11.8 Å².